The second kappa shape index (κ2) is 9.50. The van der Waals surface area contributed by atoms with Gasteiger partial charge in [0.2, 0.25) is 0 Å². The van der Waals surface area contributed by atoms with Gasteiger partial charge in [0.25, 0.3) is 5.91 Å². The van der Waals surface area contributed by atoms with Crippen molar-refractivity contribution in [3.05, 3.63) is 64.7 Å². The lowest BCUT2D eigenvalue weighted by atomic mass is 10.1. The summed E-state index contributed by atoms with van der Waals surface area (Å²) in [5.41, 5.74) is 3.57. The SMILES string of the molecule is COc1cc2ccccc2cc1C(=O)NN=Cc1cc(Cl)c(OC(C)C)c(OC)c1. The van der Waals surface area contributed by atoms with Crippen LogP contribution < -0.4 is 19.6 Å². The smallest absolute Gasteiger partial charge is 0.275 e. The van der Waals surface area contributed by atoms with E-state index in [1.165, 1.54) is 20.4 Å². The van der Waals surface area contributed by atoms with Crippen molar-refractivity contribution >= 4 is 34.5 Å². The summed E-state index contributed by atoms with van der Waals surface area (Å²) in [6.07, 6.45) is 1.44. The number of hydrogen-bond acceptors (Lipinski definition) is 5. The van der Waals surface area contributed by atoms with Crippen molar-refractivity contribution in [1.29, 1.82) is 0 Å². The molecule has 0 radical (unpaired) electrons. The van der Waals surface area contributed by atoms with Crippen molar-refractivity contribution < 1.29 is 19.0 Å². The Balaban J connectivity index is 1.81. The molecule has 0 spiro atoms. The molecule has 0 heterocycles. The molecule has 6 nitrogen and oxygen atoms in total. The number of nitrogens with zero attached hydrogens (tertiary/aromatic N) is 1. The summed E-state index contributed by atoms with van der Waals surface area (Å²) >= 11 is 6.32. The van der Waals surface area contributed by atoms with Crippen LogP contribution >= 0.6 is 11.6 Å². The maximum Gasteiger partial charge on any atom is 0.275 e. The van der Waals surface area contributed by atoms with E-state index >= 15 is 0 Å². The monoisotopic (exact) mass is 426 g/mol. The zero-order valence-electron chi connectivity index (χ0n) is 17.2. The molecule has 3 rings (SSSR count). The lowest BCUT2D eigenvalue weighted by Gasteiger charge is -2.15. The average Bonchev–Trinajstić information content (AvgIpc) is 2.74. The van der Waals surface area contributed by atoms with Gasteiger partial charge >= 0.3 is 0 Å². The molecule has 0 saturated heterocycles. The molecule has 0 fully saturated rings. The standard InChI is InChI=1S/C23H23ClN2O4/c1-14(2)30-22-19(24)9-15(10-21(22)29-4)13-25-26-23(27)18-11-16-7-5-6-8-17(16)12-20(18)28-3/h5-14H,1-4H3,(H,26,27). The van der Waals surface area contributed by atoms with E-state index < -0.39 is 0 Å². The van der Waals surface area contributed by atoms with Gasteiger partial charge in [-0.15, -0.1) is 0 Å². The number of fused-ring (bicyclic) bond motifs is 1. The molecule has 0 saturated carbocycles. The molecule has 156 valence electrons. The van der Waals surface area contributed by atoms with Crippen LogP contribution in [0.15, 0.2) is 53.6 Å². The number of halogens is 1. The highest BCUT2D eigenvalue weighted by Crippen LogP contribution is 2.36. The fraction of sp³-hybridized carbons (Fsp3) is 0.217. The van der Waals surface area contributed by atoms with Crippen LogP contribution in [-0.2, 0) is 0 Å². The second-order valence-electron chi connectivity index (χ2n) is 6.80. The van der Waals surface area contributed by atoms with Gasteiger partial charge in [0.05, 0.1) is 37.1 Å². The van der Waals surface area contributed by atoms with Crippen molar-refractivity contribution in [1.82, 2.24) is 5.43 Å². The van der Waals surface area contributed by atoms with Gasteiger partial charge in [0, 0.05) is 0 Å². The molecule has 3 aromatic carbocycles. The molecule has 1 amide bonds. The molecular formula is C23H23ClN2O4. The number of carbonyl (C=O) groups excluding carboxylic acids is 1. The molecule has 7 heteroatoms. The molecule has 0 unspecified atom stereocenters. The Labute approximate surface area is 180 Å². The molecule has 0 aromatic heterocycles. The molecule has 0 aliphatic rings. The first-order chi connectivity index (χ1) is 14.4. The van der Waals surface area contributed by atoms with Crippen LogP contribution in [-0.4, -0.2) is 32.4 Å². The van der Waals surface area contributed by atoms with Gasteiger partial charge in [-0.25, -0.2) is 5.43 Å². The van der Waals surface area contributed by atoms with Gasteiger partial charge in [0.1, 0.15) is 5.75 Å². The Morgan fingerprint density at radius 3 is 2.33 bits per heavy atom. The van der Waals surface area contributed by atoms with Crippen molar-refractivity contribution in [3.63, 3.8) is 0 Å². The third kappa shape index (κ3) is 4.83. The lowest BCUT2D eigenvalue weighted by molar-refractivity contribution is 0.0952. The minimum absolute atomic E-state index is 0.0489. The summed E-state index contributed by atoms with van der Waals surface area (Å²) in [5.74, 6) is 1.05. The van der Waals surface area contributed by atoms with Gasteiger partial charge in [-0.05, 0) is 54.4 Å². The number of carbonyl (C=O) groups is 1. The van der Waals surface area contributed by atoms with E-state index in [4.69, 9.17) is 25.8 Å². The molecule has 0 aliphatic heterocycles. The zero-order chi connectivity index (χ0) is 21.7. The lowest BCUT2D eigenvalue weighted by Crippen LogP contribution is -2.18. The first-order valence-corrected chi connectivity index (χ1v) is 9.75. The number of ether oxygens (including phenoxy) is 3. The molecular weight excluding hydrogens is 404 g/mol. The van der Waals surface area contributed by atoms with Gasteiger partial charge in [-0.2, -0.15) is 5.10 Å². The first-order valence-electron chi connectivity index (χ1n) is 9.37. The predicted molar refractivity (Wildman–Crippen MR) is 119 cm³/mol. The number of hydrogen-bond donors (Lipinski definition) is 1. The van der Waals surface area contributed by atoms with Gasteiger partial charge < -0.3 is 14.2 Å². The first kappa shape index (κ1) is 21.5. The topological polar surface area (TPSA) is 69.2 Å². The molecule has 0 atom stereocenters. The van der Waals surface area contributed by atoms with Crippen LogP contribution in [0.1, 0.15) is 29.8 Å². The van der Waals surface area contributed by atoms with Crippen LogP contribution in [0.4, 0.5) is 0 Å². The van der Waals surface area contributed by atoms with E-state index in [0.717, 1.165) is 10.8 Å². The maximum atomic E-state index is 12.6. The summed E-state index contributed by atoms with van der Waals surface area (Å²) in [7, 11) is 3.06. The van der Waals surface area contributed by atoms with Crippen LogP contribution in [0, 0.1) is 0 Å². The quantitative estimate of drug-likeness (QED) is 0.423. The Kier molecular flexibility index (Phi) is 6.79. The summed E-state index contributed by atoms with van der Waals surface area (Å²) < 4.78 is 16.4. The largest absolute Gasteiger partial charge is 0.496 e. The van der Waals surface area contributed by atoms with Crippen LogP contribution in [0.5, 0.6) is 17.2 Å². The molecule has 0 bridgehead atoms. The Hall–Kier alpha value is -3.25. The van der Waals surface area contributed by atoms with E-state index in [1.807, 2.05) is 44.2 Å². The number of rotatable bonds is 7. The highest BCUT2D eigenvalue weighted by atomic mass is 35.5. The second-order valence-corrected chi connectivity index (χ2v) is 7.21. The molecule has 30 heavy (non-hydrogen) atoms. The molecule has 3 aromatic rings. The van der Waals surface area contributed by atoms with E-state index in [0.29, 0.717) is 33.4 Å². The normalized spacial score (nSPS) is 11.1. The number of nitrogens with one attached hydrogen (secondary N) is 1. The summed E-state index contributed by atoms with van der Waals surface area (Å²) in [4.78, 5) is 12.6. The summed E-state index contributed by atoms with van der Waals surface area (Å²) in [6, 6.07) is 14.8. The van der Waals surface area contributed by atoms with Gasteiger partial charge in [-0.3, -0.25) is 4.79 Å². The van der Waals surface area contributed by atoms with Crippen LogP contribution in [0.25, 0.3) is 10.8 Å². The van der Waals surface area contributed by atoms with Crippen LogP contribution in [0.2, 0.25) is 5.02 Å². The number of hydrazone groups is 1. The van der Waals surface area contributed by atoms with E-state index in [9.17, 15) is 4.79 Å². The van der Waals surface area contributed by atoms with Crippen molar-refractivity contribution in [2.45, 2.75) is 20.0 Å². The minimum Gasteiger partial charge on any atom is -0.496 e. The maximum absolute atomic E-state index is 12.6. The predicted octanol–water partition coefficient (Wildman–Crippen LogP) is 5.06. The number of amides is 1. The van der Waals surface area contributed by atoms with E-state index in [2.05, 4.69) is 10.5 Å². The fourth-order valence-corrected chi connectivity index (χ4v) is 3.22. The van der Waals surface area contributed by atoms with Gasteiger partial charge in [-0.1, -0.05) is 35.9 Å². The summed E-state index contributed by atoms with van der Waals surface area (Å²) in [5, 5.41) is 6.36. The zero-order valence-corrected chi connectivity index (χ0v) is 18.0. The summed E-state index contributed by atoms with van der Waals surface area (Å²) in [6.45, 7) is 3.81. The van der Waals surface area contributed by atoms with Crippen molar-refractivity contribution in [2.75, 3.05) is 14.2 Å². The molecule has 0 aliphatic carbocycles. The number of benzene rings is 3. The Morgan fingerprint density at radius 2 is 1.70 bits per heavy atom. The fourth-order valence-electron chi connectivity index (χ4n) is 2.96. The Bertz CT molecular complexity index is 1100. The molecule has 1 N–H and O–H groups in total. The van der Waals surface area contributed by atoms with Crippen LogP contribution in [0.3, 0.4) is 0 Å². The number of methoxy groups -OCH3 is 2. The average molecular weight is 427 g/mol. The highest BCUT2D eigenvalue weighted by molar-refractivity contribution is 6.32. The third-order valence-electron chi connectivity index (χ3n) is 4.30. The Morgan fingerprint density at radius 1 is 1.03 bits per heavy atom. The third-order valence-corrected chi connectivity index (χ3v) is 4.58. The van der Waals surface area contributed by atoms with Crippen molar-refractivity contribution in [2.24, 2.45) is 5.10 Å². The van der Waals surface area contributed by atoms with E-state index in [1.54, 1.807) is 18.2 Å². The van der Waals surface area contributed by atoms with Crippen molar-refractivity contribution in [3.8, 4) is 17.2 Å². The van der Waals surface area contributed by atoms with E-state index in [-0.39, 0.29) is 12.0 Å². The highest BCUT2D eigenvalue weighted by Gasteiger charge is 2.14. The minimum atomic E-state index is -0.383. The van der Waals surface area contributed by atoms with Gasteiger partial charge in [0.15, 0.2) is 11.5 Å².